The average Bonchev–Trinajstić information content (AvgIpc) is 2.95. The monoisotopic (exact) mass is 271 g/mol. The molecule has 3 heterocycles. The molecule has 3 rings (SSSR count). The van der Waals surface area contributed by atoms with Crippen LogP contribution in [0.25, 0.3) is 0 Å². The molecule has 0 atom stereocenters. The second-order valence-corrected chi connectivity index (χ2v) is 4.99. The molecule has 0 aromatic carbocycles. The first kappa shape index (κ1) is 12.7. The van der Waals surface area contributed by atoms with Crippen molar-refractivity contribution in [3.8, 4) is 0 Å². The standard InChI is InChI=1S/C14H17N5O/c15-13-7-11(3-4-16-13)10-19-14(20)8-12(9-17-19)18-5-1-2-6-18/h3-4,7-9H,1-2,5-6,10H2,(H2,15,16). The number of hydrogen-bond donors (Lipinski definition) is 1. The molecule has 6 heteroatoms. The van der Waals surface area contributed by atoms with Crippen molar-refractivity contribution in [2.24, 2.45) is 0 Å². The molecule has 0 spiro atoms. The van der Waals surface area contributed by atoms with Gasteiger partial charge in [-0.2, -0.15) is 5.10 Å². The second kappa shape index (κ2) is 5.32. The van der Waals surface area contributed by atoms with Gasteiger partial charge in [0.05, 0.1) is 18.4 Å². The van der Waals surface area contributed by atoms with Gasteiger partial charge >= 0.3 is 0 Å². The molecule has 2 aromatic heterocycles. The molecule has 104 valence electrons. The molecule has 0 radical (unpaired) electrons. The zero-order chi connectivity index (χ0) is 13.9. The van der Waals surface area contributed by atoms with E-state index in [0.29, 0.717) is 12.4 Å². The topological polar surface area (TPSA) is 77.0 Å². The van der Waals surface area contributed by atoms with Crippen LogP contribution in [0.2, 0.25) is 0 Å². The summed E-state index contributed by atoms with van der Waals surface area (Å²) in [7, 11) is 0. The maximum Gasteiger partial charge on any atom is 0.269 e. The third-order valence-electron chi connectivity index (χ3n) is 3.50. The van der Waals surface area contributed by atoms with Gasteiger partial charge in [0.2, 0.25) is 0 Å². The van der Waals surface area contributed by atoms with Gasteiger partial charge in [-0.1, -0.05) is 0 Å². The molecule has 0 amide bonds. The van der Waals surface area contributed by atoms with E-state index in [9.17, 15) is 4.79 Å². The highest BCUT2D eigenvalue weighted by molar-refractivity contribution is 5.43. The lowest BCUT2D eigenvalue weighted by Gasteiger charge is -2.17. The van der Waals surface area contributed by atoms with Crippen molar-refractivity contribution in [2.75, 3.05) is 23.7 Å². The molecule has 0 bridgehead atoms. The summed E-state index contributed by atoms with van der Waals surface area (Å²) < 4.78 is 1.44. The lowest BCUT2D eigenvalue weighted by atomic mass is 10.2. The Hall–Kier alpha value is -2.37. The van der Waals surface area contributed by atoms with Gasteiger partial charge in [0, 0.05) is 25.4 Å². The van der Waals surface area contributed by atoms with Crippen LogP contribution in [0.5, 0.6) is 0 Å². The first-order valence-corrected chi connectivity index (χ1v) is 6.75. The number of nitrogens with zero attached hydrogens (tertiary/aromatic N) is 4. The van der Waals surface area contributed by atoms with E-state index in [4.69, 9.17) is 5.73 Å². The summed E-state index contributed by atoms with van der Waals surface area (Å²) in [5, 5.41) is 4.25. The van der Waals surface area contributed by atoms with Crippen LogP contribution in [0.3, 0.4) is 0 Å². The molecule has 1 aliphatic heterocycles. The number of aromatic nitrogens is 3. The SMILES string of the molecule is Nc1cc(Cn2ncc(N3CCCC3)cc2=O)ccn1. The Kier molecular flexibility index (Phi) is 3.37. The summed E-state index contributed by atoms with van der Waals surface area (Å²) >= 11 is 0. The van der Waals surface area contributed by atoms with Gasteiger partial charge in [-0.05, 0) is 30.5 Å². The van der Waals surface area contributed by atoms with Gasteiger partial charge in [-0.15, -0.1) is 0 Å². The highest BCUT2D eigenvalue weighted by Crippen LogP contribution is 2.16. The summed E-state index contributed by atoms with van der Waals surface area (Å²) in [5.41, 5.74) is 7.37. The van der Waals surface area contributed by atoms with Crippen molar-refractivity contribution >= 4 is 11.5 Å². The Morgan fingerprint density at radius 2 is 2.05 bits per heavy atom. The van der Waals surface area contributed by atoms with Crippen LogP contribution in [0.4, 0.5) is 11.5 Å². The number of nitrogen functional groups attached to an aromatic ring is 1. The summed E-state index contributed by atoms with van der Waals surface area (Å²) in [6.07, 6.45) is 5.75. The number of anilines is 2. The van der Waals surface area contributed by atoms with E-state index in [1.54, 1.807) is 24.5 Å². The van der Waals surface area contributed by atoms with Crippen LogP contribution < -0.4 is 16.2 Å². The maximum absolute atomic E-state index is 12.1. The maximum atomic E-state index is 12.1. The number of rotatable bonds is 3. The van der Waals surface area contributed by atoms with Crippen molar-refractivity contribution in [3.63, 3.8) is 0 Å². The largest absolute Gasteiger partial charge is 0.384 e. The summed E-state index contributed by atoms with van der Waals surface area (Å²) in [6, 6.07) is 5.24. The Balaban J connectivity index is 1.82. The van der Waals surface area contributed by atoms with Crippen molar-refractivity contribution in [1.82, 2.24) is 14.8 Å². The van der Waals surface area contributed by atoms with Crippen LogP contribution in [-0.4, -0.2) is 27.9 Å². The minimum Gasteiger partial charge on any atom is -0.384 e. The van der Waals surface area contributed by atoms with Crippen LogP contribution in [0.1, 0.15) is 18.4 Å². The van der Waals surface area contributed by atoms with Crippen molar-refractivity contribution in [1.29, 1.82) is 0 Å². The lowest BCUT2D eigenvalue weighted by molar-refractivity contribution is 0.637. The van der Waals surface area contributed by atoms with Gasteiger partial charge in [0.25, 0.3) is 5.56 Å². The second-order valence-electron chi connectivity index (χ2n) is 4.99. The summed E-state index contributed by atoms with van der Waals surface area (Å²) in [6.45, 7) is 2.42. The average molecular weight is 271 g/mol. The Labute approximate surface area is 116 Å². The van der Waals surface area contributed by atoms with E-state index in [-0.39, 0.29) is 5.56 Å². The molecule has 20 heavy (non-hydrogen) atoms. The van der Waals surface area contributed by atoms with E-state index in [2.05, 4.69) is 15.0 Å². The van der Waals surface area contributed by atoms with E-state index in [0.717, 1.165) is 24.3 Å². The molecule has 1 fully saturated rings. The highest BCUT2D eigenvalue weighted by atomic mass is 16.1. The fourth-order valence-corrected chi connectivity index (χ4v) is 2.46. The first-order chi connectivity index (χ1) is 9.72. The highest BCUT2D eigenvalue weighted by Gasteiger charge is 2.13. The first-order valence-electron chi connectivity index (χ1n) is 6.75. The summed E-state index contributed by atoms with van der Waals surface area (Å²) in [5.74, 6) is 0.448. The fraction of sp³-hybridized carbons (Fsp3) is 0.357. The molecule has 1 aliphatic rings. The molecule has 1 saturated heterocycles. The molecule has 6 nitrogen and oxygen atoms in total. The van der Waals surface area contributed by atoms with Crippen LogP contribution in [-0.2, 0) is 6.54 Å². The van der Waals surface area contributed by atoms with Gasteiger partial charge in [-0.25, -0.2) is 9.67 Å². The van der Waals surface area contributed by atoms with Gasteiger partial charge < -0.3 is 10.6 Å². The number of pyridine rings is 1. The van der Waals surface area contributed by atoms with Gasteiger partial charge in [0.1, 0.15) is 5.82 Å². The number of nitrogens with two attached hydrogens (primary N) is 1. The fourth-order valence-electron chi connectivity index (χ4n) is 2.46. The molecule has 0 saturated carbocycles. The Morgan fingerprint density at radius 3 is 2.75 bits per heavy atom. The quantitative estimate of drug-likeness (QED) is 0.896. The molecule has 2 N–H and O–H groups in total. The molecular formula is C14H17N5O. The molecular weight excluding hydrogens is 254 g/mol. The zero-order valence-electron chi connectivity index (χ0n) is 11.2. The van der Waals surface area contributed by atoms with Crippen molar-refractivity contribution in [2.45, 2.75) is 19.4 Å². The van der Waals surface area contributed by atoms with Crippen LogP contribution in [0.15, 0.2) is 35.4 Å². The van der Waals surface area contributed by atoms with Crippen molar-refractivity contribution in [3.05, 3.63) is 46.5 Å². The zero-order valence-corrected chi connectivity index (χ0v) is 11.2. The van der Waals surface area contributed by atoms with Crippen molar-refractivity contribution < 1.29 is 0 Å². The Morgan fingerprint density at radius 1 is 1.25 bits per heavy atom. The third-order valence-corrected chi connectivity index (χ3v) is 3.50. The van der Waals surface area contributed by atoms with E-state index in [1.165, 1.54) is 17.5 Å². The van der Waals surface area contributed by atoms with Crippen LogP contribution >= 0.6 is 0 Å². The predicted octanol–water partition coefficient (Wildman–Crippen LogP) is 0.869. The molecule has 0 unspecified atom stereocenters. The summed E-state index contributed by atoms with van der Waals surface area (Å²) in [4.78, 5) is 18.2. The van der Waals surface area contributed by atoms with Gasteiger partial charge in [-0.3, -0.25) is 4.79 Å². The molecule has 0 aliphatic carbocycles. The van der Waals surface area contributed by atoms with Crippen LogP contribution in [0, 0.1) is 0 Å². The normalized spacial score (nSPS) is 14.7. The Bertz CT molecular complexity index is 661. The minimum absolute atomic E-state index is 0.0928. The minimum atomic E-state index is -0.0928. The lowest BCUT2D eigenvalue weighted by Crippen LogP contribution is -2.26. The molecule has 2 aromatic rings. The van der Waals surface area contributed by atoms with E-state index in [1.807, 2.05) is 6.07 Å². The van der Waals surface area contributed by atoms with E-state index < -0.39 is 0 Å². The third kappa shape index (κ3) is 2.64. The predicted molar refractivity (Wildman–Crippen MR) is 77.7 cm³/mol. The van der Waals surface area contributed by atoms with Gasteiger partial charge in [0.15, 0.2) is 0 Å². The van der Waals surface area contributed by atoms with E-state index >= 15 is 0 Å². The smallest absolute Gasteiger partial charge is 0.269 e. The number of hydrogen-bond acceptors (Lipinski definition) is 5.